The normalized spacial score (nSPS) is 21.7. The van der Waals surface area contributed by atoms with Gasteiger partial charge in [-0.15, -0.1) is 0 Å². The highest BCUT2D eigenvalue weighted by Crippen LogP contribution is 2.41. The van der Waals surface area contributed by atoms with Gasteiger partial charge in [0.1, 0.15) is 18.7 Å². The first-order valence-electron chi connectivity index (χ1n) is 12.9. The Morgan fingerprint density at radius 1 is 1.21 bits per heavy atom. The van der Waals surface area contributed by atoms with Crippen LogP contribution in [-0.2, 0) is 31.4 Å². The molecule has 206 valence electrons. The van der Waals surface area contributed by atoms with Crippen molar-refractivity contribution < 1.29 is 27.5 Å². The van der Waals surface area contributed by atoms with Crippen LogP contribution < -0.4 is 15.4 Å². The number of carbonyl (C=O) groups excluding carboxylic acids is 3. The number of Topliss-reactive ketones (excluding diaryl/α,β-unsaturated/α-hetero) is 1. The number of aromatic nitrogens is 2. The molecule has 0 radical (unpaired) electrons. The Morgan fingerprint density at radius 3 is 2.50 bits per heavy atom. The average Bonchev–Trinajstić information content (AvgIpc) is 3.59. The van der Waals surface area contributed by atoms with Gasteiger partial charge in [0, 0.05) is 30.7 Å². The number of imidazole rings is 1. The smallest absolute Gasteiger partial charge is 0.295 e. The quantitative estimate of drug-likeness (QED) is 0.414. The number of rotatable bonds is 10. The van der Waals surface area contributed by atoms with E-state index in [1.165, 1.54) is 41.2 Å². The number of nitrogens with one attached hydrogen (secondary N) is 3. The molecular weight excluding hydrogens is 510 g/mol. The number of ketones is 1. The minimum absolute atomic E-state index is 0.0333. The molecule has 38 heavy (non-hydrogen) atoms. The molecule has 2 heterocycles. The standard InChI is InChI=1S/C26H35N5O6S/c1-4-21-22(20(32)16-37-21)29-24(34)19(15-26(2)11-5-6-12-26)28-23(33)17-7-9-18(10-8-17)30-38(35,36)25-27-13-14-31(25)3/h7-10,13-14,19,21-22,30H,4-6,11-12,15-16H2,1-3H3,(H,28,33)(H,29,34)/t19-,21-,22+/m0/s1. The maximum Gasteiger partial charge on any atom is 0.295 e. The van der Waals surface area contributed by atoms with E-state index in [0.717, 1.165) is 25.7 Å². The molecule has 2 aromatic rings. The van der Waals surface area contributed by atoms with Gasteiger partial charge in [-0.2, -0.15) is 8.42 Å². The van der Waals surface area contributed by atoms with Crippen LogP contribution in [0.15, 0.2) is 41.8 Å². The second-order valence-corrected chi connectivity index (χ2v) is 12.0. The number of hydrogen-bond acceptors (Lipinski definition) is 7. The van der Waals surface area contributed by atoms with Crippen LogP contribution in [0, 0.1) is 5.41 Å². The second kappa shape index (κ2) is 11.2. The van der Waals surface area contributed by atoms with Crippen LogP contribution in [0.25, 0.3) is 0 Å². The van der Waals surface area contributed by atoms with Gasteiger partial charge in [0.2, 0.25) is 11.1 Å². The Morgan fingerprint density at radius 2 is 1.89 bits per heavy atom. The fourth-order valence-corrected chi connectivity index (χ4v) is 6.42. The largest absolute Gasteiger partial charge is 0.368 e. The summed E-state index contributed by atoms with van der Waals surface area (Å²) in [5, 5.41) is 5.53. The molecule has 1 saturated carbocycles. The van der Waals surface area contributed by atoms with Crippen molar-refractivity contribution >= 4 is 33.3 Å². The Hall–Kier alpha value is -3.25. The van der Waals surface area contributed by atoms with E-state index in [0.29, 0.717) is 12.8 Å². The van der Waals surface area contributed by atoms with Crippen LogP contribution in [0.3, 0.4) is 0 Å². The van der Waals surface area contributed by atoms with Crippen molar-refractivity contribution in [2.24, 2.45) is 12.5 Å². The van der Waals surface area contributed by atoms with Gasteiger partial charge < -0.3 is 19.9 Å². The van der Waals surface area contributed by atoms with E-state index < -0.39 is 33.9 Å². The van der Waals surface area contributed by atoms with Gasteiger partial charge in [0.25, 0.3) is 15.9 Å². The van der Waals surface area contributed by atoms with Gasteiger partial charge in [-0.3, -0.25) is 19.1 Å². The lowest BCUT2D eigenvalue weighted by atomic mass is 9.81. The third kappa shape index (κ3) is 6.24. The maximum absolute atomic E-state index is 13.3. The van der Waals surface area contributed by atoms with Crippen molar-refractivity contribution in [1.82, 2.24) is 20.2 Å². The summed E-state index contributed by atoms with van der Waals surface area (Å²) in [7, 11) is -2.32. The van der Waals surface area contributed by atoms with E-state index in [4.69, 9.17) is 4.74 Å². The number of benzene rings is 1. The minimum atomic E-state index is -3.90. The summed E-state index contributed by atoms with van der Waals surface area (Å²) in [5.41, 5.74) is 0.441. The number of sulfonamides is 1. The summed E-state index contributed by atoms with van der Waals surface area (Å²) in [6, 6.07) is 4.36. The van der Waals surface area contributed by atoms with Crippen molar-refractivity contribution in [1.29, 1.82) is 0 Å². The fourth-order valence-electron chi connectivity index (χ4n) is 5.24. The van der Waals surface area contributed by atoms with Crippen LogP contribution in [0.1, 0.15) is 62.7 Å². The van der Waals surface area contributed by atoms with E-state index in [1.54, 1.807) is 7.05 Å². The maximum atomic E-state index is 13.3. The molecule has 1 saturated heterocycles. The molecule has 4 rings (SSSR count). The average molecular weight is 546 g/mol. The Balaban J connectivity index is 1.46. The van der Waals surface area contributed by atoms with Crippen LogP contribution >= 0.6 is 0 Å². The summed E-state index contributed by atoms with van der Waals surface area (Å²) >= 11 is 0. The molecule has 2 aliphatic rings. The van der Waals surface area contributed by atoms with E-state index in [1.807, 2.05) is 6.92 Å². The lowest BCUT2D eigenvalue weighted by Crippen LogP contribution is -2.54. The third-order valence-corrected chi connectivity index (χ3v) is 8.78. The van der Waals surface area contributed by atoms with Crippen LogP contribution in [0.5, 0.6) is 0 Å². The van der Waals surface area contributed by atoms with Crippen LogP contribution in [0.4, 0.5) is 5.69 Å². The first-order chi connectivity index (χ1) is 18.0. The van der Waals surface area contributed by atoms with Crippen LogP contribution in [0.2, 0.25) is 0 Å². The molecule has 12 heteroatoms. The third-order valence-electron chi connectivity index (χ3n) is 7.40. The Labute approximate surface area is 222 Å². The highest BCUT2D eigenvalue weighted by atomic mass is 32.2. The number of carbonyl (C=O) groups is 3. The number of nitrogens with zero attached hydrogens (tertiary/aromatic N) is 2. The summed E-state index contributed by atoms with van der Waals surface area (Å²) in [5.74, 6) is -1.05. The molecule has 0 spiro atoms. The van der Waals surface area contributed by atoms with Crippen molar-refractivity contribution in [3.05, 3.63) is 42.2 Å². The second-order valence-electron chi connectivity index (χ2n) is 10.5. The van der Waals surface area contributed by atoms with Gasteiger partial charge in [-0.25, -0.2) is 4.98 Å². The molecule has 3 atom stereocenters. The zero-order valence-corrected chi connectivity index (χ0v) is 22.7. The summed E-state index contributed by atoms with van der Waals surface area (Å²) < 4.78 is 34.5. The van der Waals surface area contributed by atoms with Crippen molar-refractivity contribution in [2.75, 3.05) is 11.3 Å². The molecule has 0 unspecified atom stereocenters. The zero-order valence-electron chi connectivity index (χ0n) is 21.9. The predicted octanol–water partition coefficient (Wildman–Crippen LogP) is 2.15. The van der Waals surface area contributed by atoms with Crippen LogP contribution in [-0.4, -0.2) is 60.4 Å². The number of aryl methyl sites for hydroxylation is 1. The van der Waals surface area contributed by atoms with E-state index in [9.17, 15) is 22.8 Å². The number of ether oxygens (including phenoxy) is 1. The fraction of sp³-hybridized carbons (Fsp3) is 0.538. The topological polar surface area (TPSA) is 148 Å². The molecule has 0 bridgehead atoms. The van der Waals surface area contributed by atoms with Gasteiger partial charge in [0.15, 0.2) is 5.78 Å². The Bertz CT molecular complexity index is 1280. The molecule has 2 amide bonds. The van der Waals surface area contributed by atoms with E-state index >= 15 is 0 Å². The molecule has 1 aliphatic heterocycles. The first kappa shape index (κ1) is 27.8. The Kier molecular flexibility index (Phi) is 8.22. The van der Waals surface area contributed by atoms with E-state index in [2.05, 4.69) is 27.3 Å². The SMILES string of the molecule is CC[C@@H]1OCC(=O)[C@H]1NC(=O)[C@H](CC1(C)CCCC1)NC(=O)c1ccc(NS(=O)(=O)c2nccn2C)cc1. The number of hydrogen-bond donors (Lipinski definition) is 3. The molecule has 1 aromatic heterocycles. The van der Waals surface area contributed by atoms with E-state index in [-0.39, 0.29) is 40.3 Å². The molecule has 1 aromatic carbocycles. The lowest BCUT2D eigenvalue weighted by molar-refractivity contribution is -0.128. The number of amides is 2. The van der Waals surface area contributed by atoms with Crippen molar-refractivity contribution in [3.63, 3.8) is 0 Å². The zero-order chi connectivity index (χ0) is 27.5. The highest BCUT2D eigenvalue weighted by Gasteiger charge is 2.40. The minimum Gasteiger partial charge on any atom is -0.368 e. The molecular formula is C26H35N5O6S. The lowest BCUT2D eigenvalue weighted by Gasteiger charge is -2.30. The number of anilines is 1. The van der Waals surface area contributed by atoms with Gasteiger partial charge in [0.05, 0.1) is 6.10 Å². The predicted molar refractivity (Wildman–Crippen MR) is 140 cm³/mol. The first-order valence-corrected chi connectivity index (χ1v) is 14.4. The van der Waals surface area contributed by atoms with Crippen molar-refractivity contribution in [2.45, 2.75) is 75.7 Å². The summed E-state index contributed by atoms with van der Waals surface area (Å²) in [4.78, 5) is 42.6. The van der Waals surface area contributed by atoms with Gasteiger partial charge in [-0.1, -0.05) is 26.7 Å². The summed E-state index contributed by atoms with van der Waals surface area (Å²) in [6.07, 6.45) is 7.62. The van der Waals surface area contributed by atoms with Gasteiger partial charge >= 0.3 is 0 Å². The molecule has 1 aliphatic carbocycles. The molecule has 11 nitrogen and oxygen atoms in total. The van der Waals surface area contributed by atoms with Crippen molar-refractivity contribution in [3.8, 4) is 0 Å². The molecule has 2 fully saturated rings. The summed E-state index contributed by atoms with van der Waals surface area (Å²) in [6.45, 7) is 3.98. The van der Waals surface area contributed by atoms with Gasteiger partial charge in [-0.05, 0) is 55.4 Å². The monoisotopic (exact) mass is 545 g/mol. The highest BCUT2D eigenvalue weighted by molar-refractivity contribution is 7.92. The molecule has 3 N–H and O–H groups in total.